The molecule has 0 aromatic rings. The maximum absolute atomic E-state index is 5.26. The van der Waals surface area contributed by atoms with Crippen molar-refractivity contribution in [1.29, 1.82) is 0 Å². The monoisotopic (exact) mass is 98.1 g/mol. The second-order valence-corrected chi connectivity index (χ2v) is 2.62. The molecule has 0 rings (SSSR count). The van der Waals surface area contributed by atoms with Crippen LogP contribution < -0.4 is 0 Å². The molecule has 0 radical (unpaired) electrons. The molecule has 1 heteroatoms. The van der Waals surface area contributed by atoms with Gasteiger partial charge in [-0.1, -0.05) is 13.8 Å². The van der Waals surface area contributed by atoms with Crippen LogP contribution in [0.15, 0.2) is 0 Å². The maximum atomic E-state index is 5.26. The van der Waals surface area contributed by atoms with E-state index in [-0.39, 0.29) is 0 Å². The Morgan fingerprint density at radius 2 is 2.17 bits per heavy atom. The highest BCUT2D eigenvalue weighted by atomic mass is 28.2. The molecule has 0 N–H and O–H groups in total. The molecular formula is C5H10Si. The first kappa shape index (κ1) is 6.00. The predicted molar refractivity (Wildman–Crippen MR) is 30.3 cm³/mol. The first-order valence-electron chi connectivity index (χ1n) is 2.21. The van der Waals surface area contributed by atoms with E-state index >= 15 is 0 Å². The summed E-state index contributed by atoms with van der Waals surface area (Å²) >= 11 is 0. The van der Waals surface area contributed by atoms with Crippen molar-refractivity contribution < 1.29 is 0 Å². The van der Waals surface area contributed by atoms with E-state index in [9.17, 15) is 0 Å². The molecule has 0 unspecified atom stereocenters. The fourth-order valence-electron chi connectivity index (χ4n) is 0.236. The Bertz CT molecular complexity index is 58.8. The molecule has 0 fully saturated rings. The van der Waals surface area contributed by atoms with Crippen LogP contribution in [0.2, 0.25) is 6.04 Å². The molecule has 0 nitrogen and oxygen atoms in total. The van der Waals surface area contributed by atoms with Gasteiger partial charge in [-0.05, 0) is 20.9 Å². The summed E-state index contributed by atoms with van der Waals surface area (Å²) in [4.78, 5) is 0. The average molecular weight is 98.2 g/mol. The van der Waals surface area contributed by atoms with E-state index in [4.69, 9.17) is 6.00 Å². The minimum atomic E-state index is 0.638. The van der Waals surface area contributed by atoms with E-state index in [2.05, 4.69) is 13.8 Å². The lowest BCUT2D eigenvalue weighted by atomic mass is 10.3. The Balaban J connectivity index is 2.88. The molecular weight excluding hydrogens is 88.1 g/mol. The van der Waals surface area contributed by atoms with Crippen LogP contribution in [0.5, 0.6) is 0 Å². The summed E-state index contributed by atoms with van der Waals surface area (Å²) in [5.41, 5.74) is 0. The smallest absolute Gasteiger partial charge is 0.0119 e. The molecule has 0 spiro atoms. The van der Waals surface area contributed by atoms with Crippen molar-refractivity contribution in [3.05, 3.63) is 0 Å². The highest BCUT2D eigenvalue weighted by molar-refractivity contribution is 6.21. The highest BCUT2D eigenvalue weighted by Crippen LogP contribution is 1.93. The standard InChI is InChI=1S/C5H10Si/c1-5(2)4-6-3/h3,5H,4H2,1-2H3. The van der Waals surface area contributed by atoms with Gasteiger partial charge < -0.3 is 0 Å². The van der Waals surface area contributed by atoms with Crippen LogP contribution in [0, 0.1) is 11.9 Å². The normalized spacial score (nSPS) is 8.33. The largest absolute Gasteiger partial charge is 0.158 e. The van der Waals surface area contributed by atoms with E-state index in [0.717, 1.165) is 5.92 Å². The van der Waals surface area contributed by atoms with Crippen LogP contribution in [0.4, 0.5) is 0 Å². The topological polar surface area (TPSA) is 0 Å². The molecule has 0 saturated heterocycles. The van der Waals surface area contributed by atoms with E-state index in [0.29, 0.717) is 8.96 Å². The molecule has 0 heterocycles. The van der Waals surface area contributed by atoms with Crippen LogP contribution in [-0.4, -0.2) is 8.96 Å². The Kier molecular flexibility index (Phi) is 3.20. The zero-order chi connectivity index (χ0) is 4.99. The summed E-state index contributed by atoms with van der Waals surface area (Å²) in [6.07, 6.45) is 0. The van der Waals surface area contributed by atoms with Crippen LogP contribution in [0.3, 0.4) is 0 Å². The van der Waals surface area contributed by atoms with Gasteiger partial charge in [0.05, 0.1) is 0 Å². The maximum Gasteiger partial charge on any atom is -0.0119 e. The van der Waals surface area contributed by atoms with Crippen molar-refractivity contribution in [3.8, 4) is 6.00 Å². The molecule has 0 amide bonds. The van der Waals surface area contributed by atoms with Crippen molar-refractivity contribution in [2.75, 3.05) is 0 Å². The van der Waals surface area contributed by atoms with E-state index in [1.54, 1.807) is 0 Å². The number of rotatable bonds is 1. The summed E-state index contributed by atoms with van der Waals surface area (Å²) in [5, 5.41) is 0. The van der Waals surface area contributed by atoms with Crippen molar-refractivity contribution in [2.45, 2.75) is 19.9 Å². The van der Waals surface area contributed by atoms with Crippen molar-refractivity contribution in [3.63, 3.8) is 0 Å². The lowest BCUT2D eigenvalue weighted by Crippen LogP contribution is -1.82. The molecule has 0 aromatic carbocycles. The SMILES string of the molecule is C#[Si]CC(C)C. The Morgan fingerprint density at radius 3 is 2.17 bits per heavy atom. The number of hydrogen-bond acceptors (Lipinski definition) is 0. The summed E-state index contributed by atoms with van der Waals surface area (Å²) in [5.74, 6) is 0.785. The van der Waals surface area contributed by atoms with Gasteiger partial charge in [-0.15, -0.1) is 0 Å². The van der Waals surface area contributed by atoms with Gasteiger partial charge >= 0.3 is 0 Å². The molecule has 0 saturated carbocycles. The third-order valence-electron chi connectivity index (χ3n) is 0.526. The molecule has 34 valence electrons. The summed E-state index contributed by atoms with van der Waals surface area (Å²) in [6, 6.07) is 6.44. The Morgan fingerprint density at radius 1 is 1.67 bits per heavy atom. The molecule has 0 aliphatic rings. The van der Waals surface area contributed by atoms with Gasteiger partial charge in [0.15, 0.2) is 0 Å². The van der Waals surface area contributed by atoms with Gasteiger partial charge in [0.2, 0.25) is 0 Å². The minimum absolute atomic E-state index is 0.638. The zero-order valence-electron chi connectivity index (χ0n) is 4.36. The molecule has 0 aromatic heterocycles. The average Bonchev–Trinajstić information content (AvgIpc) is 1.35. The second kappa shape index (κ2) is 3.20. The molecule has 0 bridgehead atoms. The van der Waals surface area contributed by atoms with Gasteiger partial charge in [0, 0.05) is 0 Å². The summed E-state index contributed by atoms with van der Waals surface area (Å²) in [6.45, 7) is 4.36. The van der Waals surface area contributed by atoms with E-state index < -0.39 is 0 Å². The van der Waals surface area contributed by atoms with E-state index in [1.807, 2.05) is 0 Å². The lowest BCUT2D eigenvalue weighted by molar-refractivity contribution is 0.734. The molecule has 0 aliphatic heterocycles. The molecule has 0 aliphatic carbocycles. The van der Waals surface area contributed by atoms with Gasteiger partial charge in [-0.3, -0.25) is 0 Å². The first-order valence-corrected chi connectivity index (χ1v) is 3.49. The first-order chi connectivity index (χ1) is 2.77. The fraction of sp³-hybridized carbons (Fsp3) is 0.800. The minimum Gasteiger partial charge on any atom is -0.158 e. The van der Waals surface area contributed by atoms with Crippen LogP contribution in [-0.2, 0) is 0 Å². The third-order valence-corrected chi connectivity index (χ3v) is 1.58. The summed E-state index contributed by atoms with van der Waals surface area (Å²) < 4.78 is 0. The van der Waals surface area contributed by atoms with Crippen molar-refractivity contribution in [1.82, 2.24) is 0 Å². The number of hydrogen-bond donors (Lipinski definition) is 0. The van der Waals surface area contributed by atoms with Gasteiger partial charge in [-0.2, -0.15) is 6.00 Å². The Labute approximate surface area is 41.7 Å². The van der Waals surface area contributed by atoms with Gasteiger partial charge in [-0.25, -0.2) is 0 Å². The van der Waals surface area contributed by atoms with Crippen LogP contribution in [0.25, 0.3) is 0 Å². The third kappa shape index (κ3) is 4.00. The molecule has 0 atom stereocenters. The quantitative estimate of drug-likeness (QED) is 0.434. The lowest BCUT2D eigenvalue weighted by Gasteiger charge is -1.90. The van der Waals surface area contributed by atoms with Crippen molar-refractivity contribution in [2.24, 2.45) is 5.92 Å². The highest BCUT2D eigenvalue weighted by Gasteiger charge is 1.83. The zero-order valence-corrected chi connectivity index (χ0v) is 5.36. The molecule has 6 heavy (non-hydrogen) atoms. The van der Waals surface area contributed by atoms with Crippen LogP contribution in [0.1, 0.15) is 13.8 Å². The van der Waals surface area contributed by atoms with Gasteiger partial charge in [0.1, 0.15) is 0 Å². The van der Waals surface area contributed by atoms with Crippen molar-refractivity contribution >= 4 is 8.96 Å². The predicted octanol–water partition coefficient (Wildman–Crippen LogP) is 1.35. The van der Waals surface area contributed by atoms with Gasteiger partial charge in [0.25, 0.3) is 0 Å². The van der Waals surface area contributed by atoms with E-state index in [1.165, 1.54) is 6.04 Å². The second-order valence-electron chi connectivity index (χ2n) is 1.80. The Hall–Kier alpha value is -0.00312. The summed E-state index contributed by atoms with van der Waals surface area (Å²) in [7, 11) is 0.638. The fourth-order valence-corrected chi connectivity index (χ4v) is 0.707. The van der Waals surface area contributed by atoms with Crippen LogP contribution >= 0.6 is 0 Å².